The fourth-order valence-electron chi connectivity index (χ4n) is 21.7. The molecular weight excluding hydrogens is 1650 g/mol. The summed E-state index contributed by atoms with van der Waals surface area (Å²) in [5.41, 5.74) is 4.61. The van der Waals surface area contributed by atoms with Crippen LogP contribution in [-0.4, -0.2) is 249 Å². The molecule has 0 aromatic heterocycles. The largest absolute Gasteiger partial charge is 0.508 e. The molecule has 6 saturated heterocycles. The highest BCUT2D eigenvalue weighted by Gasteiger charge is 2.66. The third-order valence-corrected chi connectivity index (χ3v) is 28.7. The highest BCUT2D eigenvalue weighted by molar-refractivity contribution is 6.32. The molecule has 2 aliphatic carbocycles. The van der Waals surface area contributed by atoms with Crippen molar-refractivity contribution in [1.29, 1.82) is 10.5 Å². The van der Waals surface area contributed by atoms with Gasteiger partial charge in [0.1, 0.15) is 61.1 Å². The van der Waals surface area contributed by atoms with Crippen LogP contribution in [0, 0.1) is 56.2 Å². The summed E-state index contributed by atoms with van der Waals surface area (Å²) >= 11 is 12.6. The lowest BCUT2D eigenvalue weighted by Gasteiger charge is -2.63. The van der Waals surface area contributed by atoms with Crippen LogP contribution in [-0.2, 0) is 28.7 Å². The van der Waals surface area contributed by atoms with Crippen LogP contribution >= 0.6 is 23.2 Å². The zero-order valence-corrected chi connectivity index (χ0v) is 73.8. The minimum atomic E-state index is -1.30. The van der Waals surface area contributed by atoms with Crippen molar-refractivity contribution >= 4 is 111 Å². The molecule has 2 atom stereocenters. The molecule has 31 heteroatoms. The molecular formula is C95H106Cl2N14O15. The van der Waals surface area contributed by atoms with Gasteiger partial charge in [0.25, 0.3) is 47.3 Å². The van der Waals surface area contributed by atoms with E-state index in [1.54, 1.807) is 60.7 Å². The Balaban J connectivity index is 0.430. The number of fused-ring (bicyclic) bond motifs is 2. The summed E-state index contributed by atoms with van der Waals surface area (Å²) in [4.78, 5) is 169. The van der Waals surface area contributed by atoms with Crippen LogP contribution in [0.15, 0.2) is 121 Å². The van der Waals surface area contributed by atoms with Gasteiger partial charge in [-0.15, -0.1) is 0 Å². The number of benzene rings is 6. The maximum absolute atomic E-state index is 14.2. The van der Waals surface area contributed by atoms with Crippen molar-refractivity contribution < 1.29 is 71.7 Å². The van der Waals surface area contributed by atoms with E-state index in [1.807, 2.05) is 60.7 Å². The van der Waals surface area contributed by atoms with Crippen LogP contribution in [0.4, 0.5) is 27.5 Å². The van der Waals surface area contributed by atoms with Gasteiger partial charge in [-0.05, 0) is 160 Å². The maximum atomic E-state index is 14.2. The number of nitrogens with one attached hydrogen (secondary N) is 2. The molecule has 0 bridgehead atoms. The lowest BCUT2D eigenvalue weighted by molar-refractivity contribution is -0.164. The first kappa shape index (κ1) is 87.8. The first-order chi connectivity index (χ1) is 60.2. The smallest absolute Gasteiger partial charge is 0.489 e. The number of hydrogen-bond donors (Lipinski definition) is 2. The average Bonchev–Trinajstić information content (AvgIpc) is 0.965. The van der Waals surface area contributed by atoms with E-state index >= 15 is 0 Å². The molecule has 16 rings (SSSR count). The summed E-state index contributed by atoms with van der Waals surface area (Å²) in [6, 6.07) is 37.1. The molecule has 2 saturated carbocycles. The Morgan fingerprint density at radius 2 is 0.746 bits per heavy atom. The highest BCUT2D eigenvalue weighted by Crippen LogP contribution is 2.57. The summed E-state index contributed by atoms with van der Waals surface area (Å²) in [5, 5.41) is 25.9. The van der Waals surface area contributed by atoms with Gasteiger partial charge in [0, 0.05) is 184 Å². The van der Waals surface area contributed by atoms with Gasteiger partial charge in [-0.3, -0.25) is 77.3 Å². The van der Waals surface area contributed by atoms with Crippen molar-refractivity contribution in [3.63, 3.8) is 0 Å². The number of nitriles is 2. The van der Waals surface area contributed by atoms with E-state index < -0.39 is 113 Å². The minimum Gasteiger partial charge on any atom is -0.489 e. The van der Waals surface area contributed by atoms with Crippen molar-refractivity contribution in [2.75, 3.05) is 138 Å². The van der Waals surface area contributed by atoms with Gasteiger partial charge in [-0.2, -0.15) is 10.5 Å². The molecule has 10 aliphatic rings. The summed E-state index contributed by atoms with van der Waals surface area (Å²) in [6.07, 6.45) is 1.82. The Hall–Kier alpha value is -11.6. The lowest BCUT2D eigenvalue weighted by Crippen LogP contribution is -2.74. The second-order valence-corrected chi connectivity index (χ2v) is 38.2. The molecule has 8 aliphatic heterocycles. The maximum Gasteiger partial charge on any atom is 0.508 e. The highest BCUT2D eigenvalue weighted by atomic mass is 35.5. The summed E-state index contributed by atoms with van der Waals surface area (Å²) in [6.45, 7) is 26.1. The van der Waals surface area contributed by atoms with Crippen LogP contribution in [0.1, 0.15) is 180 Å². The number of piperazine rings is 2. The summed E-state index contributed by atoms with van der Waals surface area (Å²) < 4.78 is 23.3. The molecule has 0 radical (unpaired) electrons. The predicted octanol–water partition coefficient (Wildman–Crippen LogP) is 11.1. The summed E-state index contributed by atoms with van der Waals surface area (Å²) in [5.74, 6) is -3.58. The Morgan fingerprint density at radius 1 is 0.413 bits per heavy atom. The van der Waals surface area contributed by atoms with Crippen molar-refractivity contribution in [2.24, 2.45) is 33.5 Å². The number of hydrogen-bond acceptors (Lipinski definition) is 23. The van der Waals surface area contributed by atoms with E-state index in [-0.39, 0.29) is 84.0 Å². The van der Waals surface area contributed by atoms with E-state index in [2.05, 4.69) is 108 Å². The molecule has 126 heavy (non-hydrogen) atoms. The molecule has 0 unspecified atom stereocenters. The molecule has 2 N–H and O–H groups in total. The van der Waals surface area contributed by atoms with Gasteiger partial charge in [-0.1, -0.05) is 78.6 Å². The van der Waals surface area contributed by atoms with Crippen molar-refractivity contribution in [3.8, 4) is 23.6 Å². The minimum absolute atomic E-state index is 0.0974. The molecule has 660 valence electrons. The molecule has 29 nitrogen and oxygen atoms in total. The number of anilines is 4. The zero-order valence-electron chi connectivity index (χ0n) is 72.3. The van der Waals surface area contributed by atoms with Crippen molar-refractivity contribution in [2.45, 2.75) is 143 Å². The van der Waals surface area contributed by atoms with Crippen LogP contribution < -0.4 is 39.7 Å². The quantitative estimate of drug-likeness (QED) is 0.0420. The number of carbonyl (C=O) groups is 11. The number of ether oxygens (including phenoxy) is 4. The van der Waals surface area contributed by atoms with E-state index in [4.69, 9.17) is 42.1 Å². The lowest BCUT2D eigenvalue weighted by atomic mass is 9.49. The monoisotopic (exact) mass is 1750 g/mol. The van der Waals surface area contributed by atoms with Gasteiger partial charge in [0.05, 0.1) is 56.5 Å². The standard InChI is InChI=1S/C95H106Cl2N14O15/c1-92(2)87(93(3,4)89(92)125-67-21-13-61(53-98)73(96)51-67)100-79(114)59-9-15-63(16-10-59)104-33-29-57(30-34-104)55-102-37-41-106(42-38-102)65-19-23-69-71(49-65)83(118)110(81(69)116)75-25-27-77(112)108(85(75)120)45-47-123-91(122)124-48-46-109-78(113)28-26-76(86(109)121)111-82(117)70-24-20-66(50-72(70)84(111)119)107-43-39-103(40-44-107)56-58-31-35-105(36-32-58)64-17-11-60(12-18-64)80(115)101-88-94(5,6)90(95(88,7)8)126-68-22-14-62(54-99)74(97)52-68/h9-24,49-52,57-58,75-76,87-90H,25-48,55-56H2,1-8H3,(H,100,114)(H,101,115)/t75-,76-,87?,88?,89?,90?/m1/s1. The van der Waals surface area contributed by atoms with E-state index in [1.165, 1.54) is 0 Å². The first-order valence-corrected chi connectivity index (χ1v) is 44.5. The molecule has 8 fully saturated rings. The number of piperidine rings is 4. The fraction of sp³-hybridized carbons (Fsp3) is 0.484. The Labute approximate surface area is 743 Å². The second kappa shape index (κ2) is 35.3. The fourth-order valence-corrected chi connectivity index (χ4v) is 22.1. The molecule has 8 heterocycles. The van der Waals surface area contributed by atoms with Crippen LogP contribution in [0.3, 0.4) is 0 Å². The number of amides is 10. The number of rotatable bonds is 24. The first-order valence-electron chi connectivity index (χ1n) is 43.7. The molecule has 6 aromatic carbocycles. The molecule has 0 spiro atoms. The summed E-state index contributed by atoms with van der Waals surface area (Å²) in [7, 11) is 0. The van der Waals surface area contributed by atoms with E-state index in [9.17, 15) is 63.3 Å². The van der Waals surface area contributed by atoms with E-state index in [0.717, 1.165) is 133 Å². The SMILES string of the molecule is CC1(C)C(NC(=O)c2ccc(N3CCC(CN4CCN(c5ccc6c(c5)C(=O)N([C@@H]5CCC(=O)N(CCOC(=O)OCCN7C(=O)CC[C@@H](N8C(=O)c9ccc(N%10CCN(CC%11CCN(c%12ccc(C(=O)NC%13C(C)(C)C(Oc%14ccc(C#N)c(Cl)c%14)C%13(C)C)cc%12)CC%11)CC%10)cc9C8=O)C7=O)C5=O)C6=O)CC4)CC3)cc2)C(C)(C)C1Oc1ccc(C#N)c(Cl)c1. The van der Waals surface area contributed by atoms with Crippen LogP contribution in [0.2, 0.25) is 10.0 Å². The normalized spacial score (nSPS) is 23.7. The van der Waals surface area contributed by atoms with Crippen molar-refractivity contribution in [3.05, 3.63) is 176 Å². The van der Waals surface area contributed by atoms with Gasteiger partial charge in [-0.25, -0.2) is 4.79 Å². The number of imide groups is 4. The zero-order chi connectivity index (χ0) is 89.2. The average molecular weight is 1750 g/mol. The van der Waals surface area contributed by atoms with Crippen molar-refractivity contribution in [1.82, 2.24) is 40.0 Å². The van der Waals surface area contributed by atoms with Gasteiger partial charge in [0.15, 0.2) is 0 Å². The Kier molecular flexibility index (Phi) is 24.6. The van der Waals surface area contributed by atoms with E-state index in [0.29, 0.717) is 81.8 Å². The molecule has 6 aromatic rings. The number of likely N-dealkylation sites (tertiary alicyclic amines) is 2. The topological polar surface area (TPSA) is 329 Å². The third kappa shape index (κ3) is 17.0. The Bertz CT molecular complexity index is 5060. The Morgan fingerprint density at radius 3 is 1.09 bits per heavy atom. The third-order valence-electron chi connectivity index (χ3n) is 28.0. The van der Waals surface area contributed by atoms with Crippen LogP contribution in [0.5, 0.6) is 11.5 Å². The predicted molar refractivity (Wildman–Crippen MR) is 470 cm³/mol. The molecule has 10 amide bonds. The number of carbonyl (C=O) groups excluding carboxylic acids is 11. The number of nitrogens with zero attached hydrogens (tertiary/aromatic N) is 12. The van der Waals surface area contributed by atoms with Gasteiger partial charge in [0.2, 0.25) is 11.8 Å². The van der Waals surface area contributed by atoms with Gasteiger partial charge < -0.3 is 49.2 Å². The van der Waals surface area contributed by atoms with Gasteiger partial charge >= 0.3 is 6.16 Å². The van der Waals surface area contributed by atoms with Crippen LogP contribution in [0.25, 0.3) is 0 Å². The second-order valence-electron chi connectivity index (χ2n) is 37.4. The number of halogens is 2.